The van der Waals surface area contributed by atoms with E-state index in [4.69, 9.17) is 4.52 Å². The highest BCUT2D eigenvalue weighted by atomic mass is 16.5. The van der Waals surface area contributed by atoms with E-state index in [2.05, 4.69) is 15.6 Å². The third-order valence-electron chi connectivity index (χ3n) is 3.69. The molecule has 2 heterocycles. The summed E-state index contributed by atoms with van der Waals surface area (Å²) < 4.78 is 6.60. The molecule has 0 atom stereocenters. The number of para-hydroxylation sites is 1. The summed E-state index contributed by atoms with van der Waals surface area (Å²) >= 11 is 0. The SMILES string of the molecule is Cc1cc(NC(=O)CN(C)C(=O)/C=C/c2cnn(-c3ccccc3)c2)no1. The first-order valence-electron chi connectivity index (χ1n) is 8.28. The van der Waals surface area contributed by atoms with E-state index in [0.29, 0.717) is 11.6 Å². The molecule has 1 N–H and O–H groups in total. The van der Waals surface area contributed by atoms with E-state index in [1.54, 1.807) is 37.0 Å². The van der Waals surface area contributed by atoms with Gasteiger partial charge in [0.1, 0.15) is 5.76 Å². The molecule has 0 bridgehead atoms. The molecule has 0 aliphatic heterocycles. The Bertz CT molecular complexity index is 959. The van der Waals surface area contributed by atoms with Crippen LogP contribution in [0.1, 0.15) is 11.3 Å². The van der Waals surface area contributed by atoms with Crippen LogP contribution < -0.4 is 5.32 Å². The Morgan fingerprint density at radius 3 is 2.78 bits per heavy atom. The number of hydrogen-bond acceptors (Lipinski definition) is 5. The van der Waals surface area contributed by atoms with Crippen LogP contribution in [0.3, 0.4) is 0 Å². The van der Waals surface area contributed by atoms with E-state index in [1.807, 2.05) is 36.5 Å². The van der Waals surface area contributed by atoms with Gasteiger partial charge in [0, 0.05) is 31.0 Å². The summed E-state index contributed by atoms with van der Waals surface area (Å²) in [5, 5.41) is 10.5. The van der Waals surface area contributed by atoms with E-state index < -0.39 is 0 Å². The summed E-state index contributed by atoms with van der Waals surface area (Å²) in [6.07, 6.45) is 6.54. The number of aromatic nitrogens is 3. The van der Waals surface area contributed by atoms with Gasteiger partial charge in [-0.15, -0.1) is 0 Å². The number of nitrogens with one attached hydrogen (secondary N) is 1. The van der Waals surface area contributed by atoms with Gasteiger partial charge in [-0.3, -0.25) is 9.59 Å². The van der Waals surface area contributed by atoms with Crippen molar-refractivity contribution in [3.05, 3.63) is 66.2 Å². The van der Waals surface area contributed by atoms with Crippen LogP contribution in [0.25, 0.3) is 11.8 Å². The summed E-state index contributed by atoms with van der Waals surface area (Å²) in [7, 11) is 1.55. The van der Waals surface area contributed by atoms with Crippen molar-refractivity contribution in [3.8, 4) is 5.69 Å². The largest absolute Gasteiger partial charge is 0.360 e. The molecule has 0 saturated heterocycles. The van der Waals surface area contributed by atoms with Crippen LogP contribution in [0.4, 0.5) is 5.82 Å². The number of hydrogen-bond donors (Lipinski definition) is 1. The lowest BCUT2D eigenvalue weighted by molar-refractivity contribution is -0.129. The minimum atomic E-state index is -0.357. The van der Waals surface area contributed by atoms with Gasteiger partial charge in [-0.1, -0.05) is 23.4 Å². The first kappa shape index (κ1) is 18.1. The molecule has 0 aliphatic rings. The molecule has 3 aromatic rings. The Kier molecular flexibility index (Phi) is 5.46. The molecule has 0 fully saturated rings. The van der Waals surface area contributed by atoms with Crippen molar-refractivity contribution in [2.24, 2.45) is 0 Å². The summed E-state index contributed by atoms with van der Waals surface area (Å²) in [6, 6.07) is 11.3. The molecule has 2 amide bonds. The number of aryl methyl sites for hydroxylation is 1. The van der Waals surface area contributed by atoms with Crippen LogP contribution in [-0.2, 0) is 9.59 Å². The zero-order valence-corrected chi connectivity index (χ0v) is 15.0. The van der Waals surface area contributed by atoms with Crippen LogP contribution in [0, 0.1) is 6.92 Å². The number of rotatable bonds is 6. The number of likely N-dealkylation sites (N-methyl/N-ethyl adjacent to an activating group) is 1. The average Bonchev–Trinajstić information content (AvgIpc) is 3.29. The molecule has 138 valence electrons. The third kappa shape index (κ3) is 4.91. The van der Waals surface area contributed by atoms with Gasteiger partial charge in [-0.25, -0.2) is 4.68 Å². The molecule has 0 unspecified atom stereocenters. The number of carbonyl (C=O) groups is 2. The lowest BCUT2D eigenvalue weighted by atomic mass is 10.3. The molecule has 0 radical (unpaired) electrons. The van der Waals surface area contributed by atoms with E-state index in [1.165, 1.54) is 11.0 Å². The number of nitrogens with zero attached hydrogens (tertiary/aromatic N) is 4. The van der Waals surface area contributed by atoms with Crippen molar-refractivity contribution in [1.29, 1.82) is 0 Å². The van der Waals surface area contributed by atoms with E-state index in [9.17, 15) is 9.59 Å². The van der Waals surface area contributed by atoms with Crippen LogP contribution in [-0.4, -0.2) is 45.2 Å². The lowest BCUT2D eigenvalue weighted by Gasteiger charge is -2.13. The van der Waals surface area contributed by atoms with Crippen LogP contribution >= 0.6 is 0 Å². The maximum Gasteiger partial charge on any atom is 0.246 e. The fraction of sp³-hybridized carbons (Fsp3) is 0.158. The fourth-order valence-electron chi connectivity index (χ4n) is 2.34. The minimum Gasteiger partial charge on any atom is -0.360 e. The fourth-order valence-corrected chi connectivity index (χ4v) is 2.34. The van der Waals surface area contributed by atoms with Gasteiger partial charge < -0.3 is 14.7 Å². The van der Waals surface area contributed by atoms with E-state index >= 15 is 0 Å². The first-order chi connectivity index (χ1) is 13.0. The molecular formula is C19H19N5O3. The highest BCUT2D eigenvalue weighted by Gasteiger charge is 2.12. The Hall–Kier alpha value is -3.68. The van der Waals surface area contributed by atoms with Gasteiger partial charge in [-0.2, -0.15) is 5.10 Å². The maximum absolute atomic E-state index is 12.2. The van der Waals surface area contributed by atoms with Gasteiger partial charge in [0.25, 0.3) is 0 Å². The number of benzene rings is 1. The molecule has 0 saturated carbocycles. The van der Waals surface area contributed by atoms with E-state index in [0.717, 1.165) is 11.3 Å². The van der Waals surface area contributed by atoms with Crippen LogP contribution in [0.2, 0.25) is 0 Å². The molecular weight excluding hydrogens is 346 g/mol. The second-order valence-electron chi connectivity index (χ2n) is 5.95. The second kappa shape index (κ2) is 8.13. The smallest absolute Gasteiger partial charge is 0.246 e. The normalized spacial score (nSPS) is 10.9. The third-order valence-corrected chi connectivity index (χ3v) is 3.69. The molecule has 8 nitrogen and oxygen atoms in total. The highest BCUT2D eigenvalue weighted by Crippen LogP contribution is 2.09. The van der Waals surface area contributed by atoms with Crippen molar-refractivity contribution in [3.63, 3.8) is 0 Å². The van der Waals surface area contributed by atoms with Crippen molar-refractivity contribution >= 4 is 23.7 Å². The minimum absolute atomic E-state index is 0.0989. The van der Waals surface area contributed by atoms with Crippen molar-refractivity contribution in [1.82, 2.24) is 19.8 Å². The van der Waals surface area contributed by atoms with Crippen molar-refractivity contribution in [2.45, 2.75) is 6.92 Å². The molecule has 0 aliphatic carbocycles. The maximum atomic E-state index is 12.2. The molecule has 8 heteroatoms. The second-order valence-corrected chi connectivity index (χ2v) is 5.95. The van der Waals surface area contributed by atoms with Gasteiger partial charge in [-0.05, 0) is 25.1 Å². The molecule has 3 rings (SSSR count). The average molecular weight is 365 g/mol. The number of carbonyl (C=O) groups excluding carboxylic acids is 2. The quantitative estimate of drug-likeness (QED) is 0.677. The van der Waals surface area contributed by atoms with Gasteiger partial charge in [0.15, 0.2) is 5.82 Å². The van der Waals surface area contributed by atoms with Crippen molar-refractivity contribution in [2.75, 3.05) is 18.9 Å². The molecule has 2 aromatic heterocycles. The summed E-state index contributed by atoms with van der Waals surface area (Å²) in [4.78, 5) is 25.4. The highest BCUT2D eigenvalue weighted by molar-refractivity contribution is 5.97. The molecule has 27 heavy (non-hydrogen) atoms. The van der Waals surface area contributed by atoms with E-state index in [-0.39, 0.29) is 18.4 Å². The Balaban J connectivity index is 1.54. The predicted octanol–water partition coefficient (Wildman–Crippen LogP) is 2.28. The Labute approximate surface area is 156 Å². The lowest BCUT2D eigenvalue weighted by Crippen LogP contribution is -2.33. The zero-order chi connectivity index (χ0) is 19.2. The van der Waals surface area contributed by atoms with Gasteiger partial charge >= 0.3 is 0 Å². The molecule has 1 aromatic carbocycles. The number of amides is 2. The van der Waals surface area contributed by atoms with Gasteiger partial charge in [0.05, 0.1) is 18.4 Å². The first-order valence-corrected chi connectivity index (χ1v) is 8.28. The predicted molar refractivity (Wildman–Crippen MR) is 100 cm³/mol. The monoisotopic (exact) mass is 365 g/mol. The van der Waals surface area contributed by atoms with Crippen LogP contribution in [0.5, 0.6) is 0 Å². The summed E-state index contributed by atoms with van der Waals surface area (Å²) in [5.41, 5.74) is 1.71. The van der Waals surface area contributed by atoms with Crippen molar-refractivity contribution < 1.29 is 14.1 Å². The Morgan fingerprint density at radius 1 is 1.30 bits per heavy atom. The topological polar surface area (TPSA) is 93.3 Å². The Morgan fingerprint density at radius 2 is 2.07 bits per heavy atom. The summed E-state index contributed by atoms with van der Waals surface area (Å²) in [5.74, 6) is 0.259. The standard InChI is InChI=1S/C19H19N5O3/c1-14-10-17(22-27-14)21-18(25)13-23(2)19(26)9-8-15-11-20-24(12-15)16-6-4-3-5-7-16/h3-12H,13H2,1-2H3,(H,21,22,25)/b9-8+. The van der Waals surface area contributed by atoms with Gasteiger partial charge in [0.2, 0.25) is 11.8 Å². The summed E-state index contributed by atoms with van der Waals surface area (Å²) in [6.45, 7) is 1.63. The number of anilines is 1. The van der Waals surface area contributed by atoms with Crippen LogP contribution in [0.15, 0.2) is 59.4 Å². The molecule has 0 spiro atoms. The zero-order valence-electron chi connectivity index (χ0n) is 15.0.